The van der Waals surface area contributed by atoms with Gasteiger partial charge in [-0.05, 0) is 7.05 Å². The summed E-state index contributed by atoms with van der Waals surface area (Å²) in [6, 6.07) is 11.8. The molecule has 3 heterocycles. The molecule has 1 saturated heterocycles. The van der Waals surface area contributed by atoms with Crippen molar-refractivity contribution < 1.29 is 9.05 Å². The molecule has 4 rings (SSSR count). The number of aromatic nitrogens is 3. The van der Waals surface area contributed by atoms with Gasteiger partial charge in [0.1, 0.15) is 5.69 Å². The molecule has 2 aromatic heterocycles. The second-order valence-electron chi connectivity index (χ2n) is 5.60. The van der Waals surface area contributed by atoms with E-state index in [0.717, 1.165) is 30.9 Å². The highest BCUT2D eigenvalue weighted by molar-refractivity contribution is 5.85. The van der Waals surface area contributed by atoms with Crippen molar-refractivity contribution in [2.24, 2.45) is 0 Å². The van der Waals surface area contributed by atoms with E-state index < -0.39 is 0 Å². The van der Waals surface area contributed by atoms with Crippen molar-refractivity contribution in [2.45, 2.75) is 6.04 Å². The molecule has 0 saturated carbocycles. The Kier molecular flexibility index (Phi) is 4.94. The monoisotopic (exact) mass is 347 g/mol. The Balaban J connectivity index is 0.00000169. The summed E-state index contributed by atoms with van der Waals surface area (Å²) in [7, 11) is 2.06. The minimum Gasteiger partial charge on any atom is -0.350 e. The number of hydrogen-bond donors (Lipinski definition) is 1. The molecule has 24 heavy (non-hydrogen) atoms. The van der Waals surface area contributed by atoms with Crippen LogP contribution in [0.1, 0.15) is 11.9 Å². The molecule has 1 atom stereocenters. The largest absolute Gasteiger partial charge is 0.350 e. The minimum absolute atomic E-state index is 0. The fraction of sp³-hybridized carbons (Fsp3) is 0.312. The Hall–Kier alpha value is -2.22. The lowest BCUT2D eigenvalue weighted by Gasteiger charge is -2.30. The van der Waals surface area contributed by atoms with E-state index in [1.165, 1.54) is 0 Å². The van der Waals surface area contributed by atoms with Crippen LogP contribution in [-0.4, -0.2) is 46.9 Å². The van der Waals surface area contributed by atoms with E-state index >= 15 is 0 Å². The summed E-state index contributed by atoms with van der Waals surface area (Å²) < 4.78 is 10.7. The van der Waals surface area contributed by atoms with Gasteiger partial charge in [-0.3, -0.25) is 4.90 Å². The molecule has 3 aromatic rings. The highest BCUT2D eigenvalue weighted by atomic mass is 35.5. The Morgan fingerprint density at radius 3 is 2.79 bits per heavy atom. The molecular formula is C16H18ClN5O2. The van der Waals surface area contributed by atoms with Gasteiger partial charge in [0.15, 0.2) is 5.82 Å². The molecule has 7 nitrogen and oxygen atoms in total. The zero-order valence-electron chi connectivity index (χ0n) is 13.2. The van der Waals surface area contributed by atoms with E-state index in [2.05, 4.69) is 32.6 Å². The maximum absolute atomic E-state index is 5.36. The molecule has 1 aromatic carbocycles. The van der Waals surface area contributed by atoms with Crippen LogP contribution in [0.4, 0.5) is 0 Å². The molecule has 8 heteroatoms. The van der Waals surface area contributed by atoms with Crippen molar-refractivity contribution in [1.82, 2.24) is 25.5 Å². The number of halogens is 1. The fourth-order valence-corrected chi connectivity index (χ4v) is 2.69. The van der Waals surface area contributed by atoms with E-state index in [4.69, 9.17) is 9.05 Å². The van der Waals surface area contributed by atoms with Gasteiger partial charge in [0.2, 0.25) is 5.76 Å². The van der Waals surface area contributed by atoms with Gasteiger partial charge in [-0.1, -0.05) is 40.6 Å². The quantitative estimate of drug-likeness (QED) is 0.779. The molecule has 0 aliphatic carbocycles. The molecule has 1 fully saturated rings. The van der Waals surface area contributed by atoms with Crippen LogP contribution in [0, 0.1) is 0 Å². The number of hydrogen-bond acceptors (Lipinski definition) is 7. The van der Waals surface area contributed by atoms with Gasteiger partial charge >= 0.3 is 0 Å². The van der Waals surface area contributed by atoms with Gasteiger partial charge in [-0.25, -0.2) is 0 Å². The Bertz CT molecular complexity index is 789. The molecule has 126 valence electrons. The summed E-state index contributed by atoms with van der Waals surface area (Å²) in [5, 5.41) is 11.5. The number of piperazine rings is 1. The summed E-state index contributed by atoms with van der Waals surface area (Å²) in [6.07, 6.45) is 0. The third kappa shape index (κ3) is 3.19. The van der Waals surface area contributed by atoms with Gasteiger partial charge in [-0.2, -0.15) is 4.98 Å². The second-order valence-corrected chi connectivity index (χ2v) is 5.60. The molecule has 0 spiro atoms. The molecule has 1 N–H and O–H groups in total. The third-order valence-corrected chi connectivity index (χ3v) is 4.04. The maximum atomic E-state index is 5.36. The topological polar surface area (TPSA) is 80.2 Å². The zero-order chi connectivity index (χ0) is 15.6. The Morgan fingerprint density at radius 2 is 2.00 bits per heavy atom. The van der Waals surface area contributed by atoms with E-state index in [9.17, 15) is 0 Å². The first-order valence-corrected chi connectivity index (χ1v) is 7.58. The summed E-state index contributed by atoms with van der Waals surface area (Å²) in [4.78, 5) is 6.68. The van der Waals surface area contributed by atoms with Crippen LogP contribution < -0.4 is 5.32 Å². The van der Waals surface area contributed by atoms with Crippen LogP contribution >= 0.6 is 12.4 Å². The van der Waals surface area contributed by atoms with Crippen LogP contribution in [-0.2, 0) is 0 Å². The van der Waals surface area contributed by atoms with Crippen molar-refractivity contribution in [1.29, 1.82) is 0 Å². The summed E-state index contributed by atoms with van der Waals surface area (Å²) in [5.41, 5.74) is 1.73. The average molecular weight is 348 g/mol. The van der Waals surface area contributed by atoms with E-state index in [0.29, 0.717) is 17.5 Å². The highest BCUT2D eigenvalue weighted by Crippen LogP contribution is 2.26. The minimum atomic E-state index is 0. The van der Waals surface area contributed by atoms with Gasteiger partial charge in [0.25, 0.3) is 5.89 Å². The van der Waals surface area contributed by atoms with E-state index in [1.807, 2.05) is 36.4 Å². The molecule has 0 bridgehead atoms. The van der Waals surface area contributed by atoms with Gasteiger partial charge in [0.05, 0.1) is 6.04 Å². The fourth-order valence-electron chi connectivity index (χ4n) is 2.69. The predicted molar refractivity (Wildman–Crippen MR) is 90.7 cm³/mol. The number of nitrogens with zero attached hydrogens (tertiary/aromatic N) is 4. The average Bonchev–Trinajstić information content (AvgIpc) is 3.25. The first-order valence-electron chi connectivity index (χ1n) is 7.58. The number of rotatable bonds is 3. The number of likely N-dealkylation sites (N-methyl/N-ethyl adjacent to an activating group) is 1. The van der Waals surface area contributed by atoms with Crippen molar-refractivity contribution >= 4 is 12.4 Å². The number of nitrogens with one attached hydrogen (secondary N) is 1. The predicted octanol–water partition coefficient (Wildman–Crippen LogP) is 2.39. The third-order valence-electron chi connectivity index (χ3n) is 4.04. The lowest BCUT2D eigenvalue weighted by molar-refractivity contribution is 0.190. The van der Waals surface area contributed by atoms with Crippen LogP contribution in [0.5, 0.6) is 0 Å². The highest BCUT2D eigenvalue weighted by Gasteiger charge is 2.26. The Morgan fingerprint density at radius 1 is 1.17 bits per heavy atom. The summed E-state index contributed by atoms with van der Waals surface area (Å²) in [5.74, 6) is 1.50. The Labute approximate surface area is 145 Å². The zero-order valence-corrected chi connectivity index (χ0v) is 14.0. The normalized spacial score (nSPS) is 18.3. The second kappa shape index (κ2) is 7.12. The summed E-state index contributed by atoms with van der Waals surface area (Å²) in [6.45, 7) is 2.73. The summed E-state index contributed by atoms with van der Waals surface area (Å²) >= 11 is 0. The van der Waals surface area contributed by atoms with Gasteiger partial charge in [0, 0.05) is 31.3 Å². The molecule has 1 aliphatic heterocycles. The smallest absolute Gasteiger partial charge is 0.296 e. The van der Waals surface area contributed by atoms with Crippen molar-refractivity contribution in [2.75, 3.05) is 26.7 Å². The maximum Gasteiger partial charge on any atom is 0.296 e. The van der Waals surface area contributed by atoms with E-state index in [1.54, 1.807) is 0 Å². The molecular weight excluding hydrogens is 330 g/mol. The molecule has 0 radical (unpaired) electrons. The van der Waals surface area contributed by atoms with Crippen LogP contribution in [0.2, 0.25) is 0 Å². The van der Waals surface area contributed by atoms with Crippen molar-refractivity contribution in [3.05, 3.63) is 42.2 Å². The van der Waals surface area contributed by atoms with Crippen molar-refractivity contribution in [3.63, 3.8) is 0 Å². The molecule has 1 unspecified atom stereocenters. The molecule has 0 amide bonds. The van der Waals surface area contributed by atoms with Crippen LogP contribution in [0.3, 0.4) is 0 Å². The molecule has 1 aliphatic rings. The first kappa shape index (κ1) is 16.6. The lowest BCUT2D eigenvalue weighted by Crippen LogP contribution is -2.44. The van der Waals surface area contributed by atoms with Crippen LogP contribution in [0.25, 0.3) is 22.9 Å². The first-order chi connectivity index (χ1) is 11.3. The van der Waals surface area contributed by atoms with Crippen LogP contribution in [0.15, 0.2) is 45.4 Å². The van der Waals surface area contributed by atoms with E-state index in [-0.39, 0.29) is 18.4 Å². The SMILES string of the molecule is CN1CCNCC1c1noc(-c2cc(-c3ccccc3)no2)n1.Cl. The number of benzene rings is 1. The van der Waals surface area contributed by atoms with Crippen molar-refractivity contribution in [3.8, 4) is 22.9 Å². The standard InChI is InChI=1S/C16H17N5O2.ClH/c1-21-8-7-17-10-13(21)15-18-16(23-20-15)14-9-12(19-22-14)11-5-3-2-4-6-11;/h2-6,9,13,17H,7-8,10H2,1H3;1H. The van der Waals surface area contributed by atoms with Gasteiger partial charge < -0.3 is 14.4 Å². The van der Waals surface area contributed by atoms with Gasteiger partial charge in [-0.15, -0.1) is 12.4 Å². The lowest BCUT2D eigenvalue weighted by atomic mass is 10.1.